The lowest BCUT2D eigenvalue weighted by Gasteiger charge is -2.22. The number of esters is 1. The number of benzene rings is 1. The Morgan fingerprint density at radius 2 is 1.68 bits per heavy atom. The van der Waals surface area contributed by atoms with E-state index in [9.17, 15) is 24.3 Å². The smallest absolute Gasteiger partial charge is 0.408 e. The second kappa shape index (κ2) is 10.3. The van der Waals surface area contributed by atoms with Crippen LogP contribution < -0.4 is 10.6 Å². The number of aliphatic carboxylic acids is 1. The van der Waals surface area contributed by atoms with Gasteiger partial charge in [0.05, 0.1) is 6.42 Å². The maximum absolute atomic E-state index is 12.1. The Labute approximate surface area is 163 Å². The van der Waals surface area contributed by atoms with Crippen LogP contribution in [0.3, 0.4) is 0 Å². The van der Waals surface area contributed by atoms with Gasteiger partial charge in [0.1, 0.15) is 24.3 Å². The van der Waals surface area contributed by atoms with Crippen LogP contribution in [0.4, 0.5) is 4.79 Å². The molecule has 1 rings (SSSR count). The predicted octanol–water partition coefficient (Wildman–Crippen LogP) is 1.60. The van der Waals surface area contributed by atoms with Crippen molar-refractivity contribution in [3.05, 3.63) is 35.9 Å². The number of carboxylic acids is 1. The van der Waals surface area contributed by atoms with Crippen molar-refractivity contribution in [2.75, 3.05) is 0 Å². The third-order valence-electron chi connectivity index (χ3n) is 3.35. The molecule has 0 saturated carbocycles. The quantitative estimate of drug-likeness (QED) is 0.571. The summed E-state index contributed by atoms with van der Waals surface area (Å²) in [6.07, 6.45) is -1.37. The molecule has 9 heteroatoms. The molecular formula is C19H26N2O7. The molecule has 28 heavy (non-hydrogen) atoms. The minimum atomic E-state index is -1.48. The lowest BCUT2D eigenvalue weighted by molar-refractivity contribution is -0.158. The molecule has 0 spiro atoms. The summed E-state index contributed by atoms with van der Waals surface area (Å²) >= 11 is 0. The first kappa shape index (κ1) is 22.9. The first-order valence-electron chi connectivity index (χ1n) is 8.70. The molecule has 1 aromatic carbocycles. The number of nitrogens with one attached hydrogen (secondary N) is 2. The van der Waals surface area contributed by atoms with Crippen LogP contribution in [-0.2, 0) is 30.5 Å². The molecule has 0 saturated heterocycles. The number of rotatable bonds is 8. The second-order valence-corrected chi connectivity index (χ2v) is 7.12. The van der Waals surface area contributed by atoms with Crippen LogP contribution in [0.15, 0.2) is 30.3 Å². The summed E-state index contributed by atoms with van der Waals surface area (Å²) < 4.78 is 10.1. The Morgan fingerprint density at radius 3 is 2.21 bits per heavy atom. The zero-order chi connectivity index (χ0) is 21.3. The van der Waals surface area contributed by atoms with Gasteiger partial charge in [-0.25, -0.2) is 9.59 Å². The van der Waals surface area contributed by atoms with Crippen molar-refractivity contribution in [1.29, 1.82) is 0 Å². The van der Waals surface area contributed by atoms with Crippen molar-refractivity contribution >= 4 is 23.9 Å². The summed E-state index contributed by atoms with van der Waals surface area (Å²) in [5.41, 5.74) is -0.000307. The van der Waals surface area contributed by atoms with Crippen LogP contribution in [0.25, 0.3) is 0 Å². The van der Waals surface area contributed by atoms with Gasteiger partial charge in [-0.2, -0.15) is 0 Å². The van der Waals surface area contributed by atoms with Gasteiger partial charge in [-0.05, 0) is 33.3 Å². The molecule has 0 unspecified atom stereocenters. The van der Waals surface area contributed by atoms with Gasteiger partial charge in [0.25, 0.3) is 0 Å². The number of carboxylic acid groups (broad SMARTS) is 1. The van der Waals surface area contributed by atoms with Crippen LogP contribution in [0.2, 0.25) is 0 Å². The maximum atomic E-state index is 12.1. The number of carbonyl (C=O) groups is 4. The van der Waals surface area contributed by atoms with Crippen molar-refractivity contribution < 1.29 is 33.8 Å². The summed E-state index contributed by atoms with van der Waals surface area (Å²) in [7, 11) is 0. The summed E-state index contributed by atoms with van der Waals surface area (Å²) in [5, 5.41) is 13.7. The highest BCUT2D eigenvalue weighted by Crippen LogP contribution is 2.09. The van der Waals surface area contributed by atoms with Crippen LogP contribution in [0, 0.1) is 0 Å². The van der Waals surface area contributed by atoms with Gasteiger partial charge >= 0.3 is 18.0 Å². The maximum Gasteiger partial charge on any atom is 0.408 e. The minimum absolute atomic E-state index is 0.0252. The molecule has 0 radical (unpaired) electrons. The van der Waals surface area contributed by atoms with E-state index in [1.807, 2.05) is 6.07 Å². The highest BCUT2D eigenvalue weighted by Gasteiger charge is 2.28. The molecule has 0 heterocycles. The third-order valence-corrected chi connectivity index (χ3v) is 3.35. The Kier molecular flexibility index (Phi) is 8.43. The summed E-state index contributed by atoms with van der Waals surface area (Å²) in [4.78, 5) is 47.0. The summed E-state index contributed by atoms with van der Waals surface area (Å²) in [5.74, 6) is -2.92. The van der Waals surface area contributed by atoms with Crippen LogP contribution >= 0.6 is 0 Å². The highest BCUT2D eigenvalue weighted by atomic mass is 16.6. The van der Waals surface area contributed by atoms with Crippen molar-refractivity contribution in [2.45, 2.75) is 58.4 Å². The van der Waals surface area contributed by atoms with Gasteiger partial charge in [-0.3, -0.25) is 9.59 Å². The Bertz CT molecular complexity index is 698. The van der Waals surface area contributed by atoms with Crippen molar-refractivity contribution in [3.63, 3.8) is 0 Å². The number of hydrogen-bond acceptors (Lipinski definition) is 6. The van der Waals surface area contributed by atoms with Gasteiger partial charge in [0.15, 0.2) is 0 Å². The first-order chi connectivity index (χ1) is 13.0. The Morgan fingerprint density at radius 1 is 1.07 bits per heavy atom. The van der Waals surface area contributed by atoms with Crippen LogP contribution in [-0.4, -0.2) is 46.7 Å². The predicted molar refractivity (Wildman–Crippen MR) is 99.3 cm³/mol. The fourth-order valence-corrected chi connectivity index (χ4v) is 2.05. The molecule has 154 valence electrons. The molecule has 0 fully saturated rings. The molecule has 9 nitrogen and oxygen atoms in total. The lowest BCUT2D eigenvalue weighted by atomic mass is 10.1. The topological polar surface area (TPSA) is 131 Å². The summed E-state index contributed by atoms with van der Waals surface area (Å²) in [6, 6.07) is 6.42. The standard InChI is InChI=1S/C19H26N2O7/c1-12(20-18(26)27-11-13-8-6-5-7-9-13)16(23)21-14(17(24)25)10-15(22)28-19(2,3)4/h5-9,12,14H,10-11H2,1-4H3,(H,20,26)(H,21,23)(H,24,25)/t12-,14-/m0/s1. The van der Waals surface area contributed by atoms with Gasteiger partial charge in [0, 0.05) is 0 Å². The molecule has 1 aromatic rings. The normalized spacial score (nSPS) is 13.0. The number of carbonyl (C=O) groups excluding carboxylic acids is 3. The molecule has 0 aliphatic rings. The van der Waals surface area contributed by atoms with Crippen LogP contribution in [0.5, 0.6) is 0 Å². The molecule has 2 atom stereocenters. The number of hydrogen-bond donors (Lipinski definition) is 3. The number of amides is 2. The summed E-state index contributed by atoms with van der Waals surface area (Å²) in [6.45, 7) is 6.33. The first-order valence-corrected chi connectivity index (χ1v) is 8.70. The fourth-order valence-electron chi connectivity index (χ4n) is 2.05. The average molecular weight is 394 g/mol. The SMILES string of the molecule is C[C@H](NC(=O)OCc1ccccc1)C(=O)N[C@@H](CC(=O)OC(C)(C)C)C(=O)O. The fraction of sp³-hybridized carbons (Fsp3) is 0.474. The van der Waals surface area contributed by atoms with Gasteiger partial charge in [0.2, 0.25) is 5.91 Å². The zero-order valence-corrected chi connectivity index (χ0v) is 16.4. The highest BCUT2D eigenvalue weighted by molar-refractivity contribution is 5.90. The van der Waals surface area contributed by atoms with Crippen molar-refractivity contribution in [3.8, 4) is 0 Å². The second-order valence-electron chi connectivity index (χ2n) is 7.12. The van der Waals surface area contributed by atoms with E-state index in [1.165, 1.54) is 6.92 Å². The molecule has 0 aliphatic carbocycles. The molecule has 0 aromatic heterocycles. The molecule has 0 bridgehead atoms. The van der Waals surface area contributed by atoms with E-state index in [0.29, 0.717) is 0 Å². The zero-order valence-electron chi connectivity index (χ0n) is 16.4. The lowest BCUT2D eigenvalue weighted by Crippen LogP contribution is -2.51. The molecule has 0 aliphatic heterocycles. The van der Waals surface area contributed by atoms with Gasteiger partial charge in [-0.1, -0.05) is 30.3 Å². The minimum Gasteiger partial charge on any atom is -0.480 e. The van der Waals surface area contributed by atoms with E-state index >= 15 is 0 Å². The average Bonchev–Trinajstić information content (AvgIpc) is 2.58. The molecule has 3 N–H and O–H groups in total. The van der Waals surface area contributed by atoms with E-state index in [1.54, 1.807) is 45.0 Å². The van der Waals surface area contributed by atoms with Gasteiger partial charge < -0.3 is 25.2 Å². The van der Waals surface area contributed by atoms with E-state index in [4.69, 9.17) is 9.47 Å². The third kappa shape index (κ3) is 9.02. The largest absolute Gasteiger partial charge is 0.480 e. The van der Waals surface area contributed by atoms with E-state index in [2.05, 4.69) is 10.6 Å². The Balaban J connectivity index is 2.51. The monoisotopic (exact) mass is 394 g/mol. The van der Waals surface area contributed by atoms with Crippen molar-refractivity contribution in [1.82, 2.24) is 10.6 Å². The van der Waals surface area contributed by atoms with Crippen LogP contribution in [0.1, 0.15) is 39.7 Å². The number of alkyl carbamates (subject to hydrolysis) is 1. The molecule has 2 amide bonds. The van der Waals surface area contributed by atoms with E-state index in [0.717, 1.165) is 5.56 Å². The van der Waals surface area contributed by atoms with E-state index in [-0.39, 0.29) is 6.61 Å². The Hall–Kier alpha value is -3.10. The van der Waals surface area contributed by atoms with E-state index < -0.39 is 48.0 Å². The molecular weight excluding hydrogens is 368 g/mol. The van der Waals surface area contributed by atoms with Gasteiger partial charge in [-0.15, -0.1) is 0 Å². The van der Waals surface area contributed by atoms with Crippen molar-refractivity contribution in [2.24, 2.45) is 0 Å². The number of ether oxygens (including phenoxy) is 2.